The van der Waals surface area contributed by atoms with Crippen LogP contribution in [0.5, 0.6) is 0 Å². The van der Waals surface area contributed by atoms with Crippen molar-refractivity contribution in [1.82, 2.24) is 5.32 Å². The highest BCUT2D eigenvalue weighted by atomic mass is 16.7. The molecular weight excluding hydrogens is 484 g/mol. The van der Waals surface area contributed by atoms with Crippen LogP contribution in [-0.4, -0.2) is 44.9 Å². The molecule has 3 aromatic carbocycles. The minimum Gasteiger partial charge on any atom is -0.354 e. The number of ether oxygens (including phenoxy) is 2. The largest absolute Gasteiger partial charge is 0.354 e. The molecule has 9 nitrogen and oxygen atoms in total. The molecule has 0 bridgehead atoms. The van der Waals surface area contributed by atoms with Gasteiger partial charge in [-0.25, -0.2) is 4.79 Å². The zero-order valence-corrected chi connectivity index (χ0v) is 21.9. The maximum atomic E-state index is 14.1. The first-order valence-corrected chi connectivity index (χ1v) is 12.2. The van der Waals surface area contributed by atoms with Crippen LogP contribution < -0.4 is 20.9 Å². The SMILES string of the molecule is COC(CN1C(=O)C(CC(=O)Nc2ccc(C)cc2)(NC(=O)Nc2ccc(C)cc2)c2ccccc21)OC. The number of rotatable bonds is 9. The lowest BCUT2D eigenvalue weighted by atomic mass is 9.87. The number of hydrogen-bond acceptors (Lipinski definition) is 5. The molecule has 0 spiro atoms. The summed E-state index contributed by atoms with van der Waals surface area (Å²) in [6.45, 7) is 3.97. The first kappa shape index (κ1) is 26.8. The molecule has 1 aliphatic rings. The molecule has 0 aromatic heterocycles. The highest BCUT2D eigenvalue weighted by molar-refractivity contribution is 6.12. The lowest BCUT2D eigenvalue weighted by Gasteiger charge is -2.30. The summed E-state index contributed by atoms with van der Waals surface area (Å²) in [6, 6.07) is 21.1. The van der Waals surface area contributed by atoms with Gasteiger partial charge in [-0.2, -0.15) is 0 Å². The number of carbonyl (C=O) groups excluding carboxylic acids is 3. The van der Waals surface area contributed by atoms with Gasteiger partial charge in [0.2, 0.25) is 5.91 Å². The van der Waals surface area contributed by atoms with Crippen LogP contribution in [0.25, 0.3) is 0 Å². The molecule has 1 unspecified atom stereocenters. The molecule has 0 fully saturated rings. The number of aryl methyl sites for hydroxylation is 2. The van der Waals surface area contributed by atoms with Crippen LogP contribution in [0.4, 0.5) is 21.9 Å². The molecule has 0 radical (unpaired) electrons. The van der Waals surface area contributed by atoms with E-state index < -0.39 is 29.7 Å². The maximum absolute atomic E-state index is 14.1. The van der Waals surface area contributed by atoms with Gasteiger partial charge < -0.3 is 30.3 Å². The van der Waals surface area contributed by atoms with Crippen molar-refractivity contribution in [2.45, 2.75) is 32.1 Å². The molecule has 198 valence electrons. The number of para-hydroxylation sites is 1. The van der Waals surface area contributed by atoms with Gasteiger partial charge in [0.15, 0.2) is 11.8 Å². The number of methoxy groups -OCH3 is 2. The van der Waals surface area contributed by atoms with Crippen LogP contribution >= 0.6 is 0 Å². The van der Waals surface area contributed by atoms with E-state index in [9.17, 15) is 14.4 Å². The second-order valence-corrected chi connectivity index (χ2v) is 9.28. The first-order chi connectivity index (χ1) is 18.3. The topological polar surface area (TPSA) is 109 Å². The summed E-state index contributed by atoms with van der Waals surface area (Å²) in [6.07, 6.45) is -1.02. The Morgan fingerprint density at radius 3 is 1.97 bits per heavy atom. The maximum Gasteiger partial charge on any atom is 0.320 e. The summed E-state index contributed by atoms with van der Waals surface area (Å²) in [5, 5.41) is 8.47. The highest BCUT2D eigenvalue weighted by Gasteiger charge is 2.53. The number of amides is 4. The Kier molecular flexibility index (Phi) is 8.09. The summed E-state index contributed by atoms with van der Waals surface area (Å²) in [5.41, 5.74) is 2.66. The van der Waals surface area contributed by atoms with E-state index in [4.69, 9.17) is 9.47 Å². The predicted octanol–water partition coefficient (Wildman–Crippen LogP) is 4.31. The Hall–Kier alpha value is -4.21. The third-order valence-corrected chi connectivity index (χ3v) is 6.52. The summed E-state index contributed by atoms with van der Waals surface area (Å²) in [5.74, 6) is -0.888. The van der Waals surface area contributed by atoms with Gasteiger partial charge in [0.05, 0.1) is 18.7 Å². The van der Waals surface area contributed by atoms with Crippen molar-refractivity contribution in [2.24, 2.45) is 0 Å². The molecule has 4 rings (SSSR count). The van der Waals surface area contributed by atoms with Gasteiger partial charge in [0.25, 0.3) is 5.91 Å². The van der Waals surface area contributed by atoms with Gasteiger partial charge in [0, 0.05) is 31.2 Å². The Balaban J connectivity index is 1.69. The van der Waals surface area contributed by atoms with Crippen LogP contribution in [0.2, 0.25) is 0 Å². The molecule has 4 amide bonds. The van der Waals surface area contributed by atoms with Gasteiger partial charge in [-0.1, -0.05) is 53.6 Å². The second kappa shape index (κ2) is 11.5. The van der Waals surface area contributed by atoms with Crippen LogP contribution in [-0.2, 0) is 24.6 Å². The van der Waals surface area contributed by atoms with Gasteiger partial charge in [-0.05, 0) is 44.2 Å². The van der Waals surface area contributed by atoms with Crippen molar-refractivity contribution in [3.63, 3.8) is 0 Å². The van der Waals surface area contributed by atoms with Crippen molar-refractivity contribution >= 4 is 34.9 Å². The number of urea groups is 1. The average Bonchev–Trinajstić information content (AvgIpc) is 3.12. The number of fused-ring (bicyclic) bond motifs is 1. The van der Waals surface area contributed by atoms with Crippen LogP contribution in [0.1, 0.15) is 23.1 Å². The van der Waals surface area contributed by atoms with Gasteiger partial charge in [0.1, 0.15) is 0 Å². The van der Waals surface area contributed by atoms with Crippen molar-refractivity contribution in [3.05, 3.63) is 89.5 Å². The lowest BCUT2D eigenvalue weighted by molar-refractivity contribution is -0.131. The fourth-order valence-electron chi connectivity index (χ4n) is 4.51. The fourth-order valence-corrected chi connectivity index (χ4v) is 4.51. The minimum atomic E-state index is -1.66. The van der Waals surface area contributed by atoms with Crippen LogP contribution in [0, 0.1) is 13.8 Å². The van der Waals surface area contributed by atoms with E-state index in [0.717, 1.165) is 11.1 Å². The summed E-state index contributed by atoms with van der Waals surface area (Å²) >= 11 is 0. The standard InChI is InChI=1S/C29H32N4O5/c1-19-9-13-21(14-10-19)30-25(34)17-29(32-28(36)31-22-15-11-20(2)12-16-22)23-7-5-6-8-24(23)33(27(29)35)18-26(37-3)38-4/h5-16,26H,17-18H2,1-4H3,(H,30,34)(H2,31,32,36). The highest BCUT2D eigenvalue weighted by Crippen LogP contribution is 2.43. The summed E-state index contributed by atoms with van der Waals surface area (Å²) in [7, 11) is 2.96. The monoisotopic (exact) mass is 516 g/mol. The molecule has 3 N–H and O–H groups in total. The first-order valence-electron chi connectivity index (χ1n) is 12.2. The third-order valence-electron chi connectivity index (χ3n) is 6.52. The number of nitrogens with zero attached hydrogens (tertiary/aromatic N) is 1. The lowest BCUT2D eigenvalue weighted by Crippen LogP contribution is -2.56. The molecule has 3 aromatic rings. The molecule has 1 heterocycles. The van der Waals surface area contributed by atoms with Gasteiger partial charge >= 0.3 is 6.03 Å². The zero-order valence-electron chi connectivity index (χ0n) is 21.9. The Bertz CT molecular complexity index is 1240. The van der Waals surface area contributed by atoms with Crippen molar-refractivity contribution in [1.29, 1.82) is 0 Å². The van der Waals surface area contributed by atoms with Gasteiger partial charge in [-0.3, -0.25) is 9.59 Å². The Morgan fingerprint density at radius 2 is 1.39 bits per heavy atom. The smallest absolute Gasteiger partial charge is 0.320 e. The van der Waals surface area contributed by atoms with Crippen molar-refractivity contribution < 1.29 is 23.9 Å². The van der Waals surface area contributed by atoms with E-state index in [1.165, 1.54) is 19.1 Å². The number of nitrogens with one attached hydrogen (secondary N) is 3. The second-order valence-electron chi connectivity index (χ2n) is 9.28. The minimum absolute atomic E-state index is 0.0748. The van der Waals surface area contributed by atoms with Crippen molar-refractivity contribution in [2.75, 3.05) is 36.3 Å². The van der Waals surface area contributed by atoms with E-state index in [2.05, 4.69) is 16.0 Å². The Morgan fingerprint density at radius 1 is 0.842 bits per heavy atom. The van der Waals surface area contributed by atoms with E-state index >= 15 is 0 Å². The Labute approximate surface area is 222 Å². The zero-order chi connectivity index (χ0) is 27.3. The molecular formula is C29H32N4O5. The molecule has 1 atom stereocenters. The van der Waals surface area contributed by atoms with E-state index in [1.807, 2.05) is 38.1 Å². The van der Waals surface area contributed by atoms with E-state index in [1.54, 1.807) is 48.5 Å². The third kappa shape index (κ3) is 5.69. The molecule has 38 heavy (non-hydrogen) atoms. The molecule has 0 saturated heterocycles. The van der Waals surface area contributed by atoms with Crippen LogP contribution in [0.15, 0.2) is 72.8 Å². The summed E-state index contributed by atoms with van der Waals surface area (Å²) < 4.78 is 10.7. The van der Waals surface area contributed by atoms with E-state index in [0.29, 0.717) is 22.6 Å². The quantitative estimate of drug-likeness (QED) is 0.367. The molecule has 0 saturated carbocycles. The molecule has 0 aliphatic carbocycles. The van der Waals surface area contributed by atoms with Crippen molar-refractivity contribution in [3.8, 4) is 0 Å². The van der Waals surface area contributed by atoms with E-state index in [-0.39, 0.29) is 13.0 Å². The number of anilines is 3. The number of hydrogen-bond donors (Lipinski definition) is 3. The summed E-state index contributed by atoms with van der Waals surface area (Å²) in [4.78, 5) is 42.2. The number of benzene rings is 3. The number of carbonyl (C=O) groups is 3. The van der Waals surface area contributed by atoms with Gasteiger partial charge in [-0.15, -0.1) is 0 Å². The molecule has 9 heteroatoms. The molecule has 1 aliphatic heterocycles. The predicted molar refractivity (Wildman–Crippen MR) is 146 cm³/mol. The fraction of sp³-hybridized carbons (Fsp3) is 0.276. The normalized spacial score (nSPS) is 16.3. The average molecular weight is 517 g/mol. The van der Waals surface area contributed by atoms with Crippen LogP contribution in [0.3, 0.4) is 0 Å².